The Hall–Kier alpha value is -2.19. The Bertz CT molecular complexity index is 673. The largest absolute Gasteiger partial charge is 0.417 e. The maximum Gasteiger partial charge on any atom is 0.417 e. The van der Waals surface area contributed by atoms with Crippen LogP contribution in [0.25, 0.3) is 0 Å². The maximum absolute atomic E-state index is 12.7. The smallest absolute Gasteiger partial charge is 0.381 e. The Balaban J connectivity index is 2.15. The summed E-state index contributed by atoms with van der Waals surface area (Å²) in [5.41, 5.74) is 0.0537. The van der Waals surface area contributed by atoms with Gasteiger partial charge in [-0.25, -0.2) is 0 Å². The van der Waals surface area contributed by atoms with Gasteiger partial charge in [-0.3, -0.25) is 0 Å². The van der Waals surface area contributed by atoms with Crippen LogP contribution in [0.3, 0.4) is 0 Å². The van der Waals surface area contributed by atoms with E-state index in [0.717, 1.165) is 11.6 Å². The number of alkyl halides is 3. The molecule has 2 nitrogen and oxygen atoms in total. The lowest BCUT2D eigenvalue weighted by atomic mass is 10.1. The number of rotatable bonds is 3. The number of nitrogens with one attached hydrogen (secondary N) is 1. The molecule has 0 aliphatic heterocycles. The summed E-state index contributed by atoms with van der Waals surface area (Å²) in [7, 11) is 0. The summed E-state index contributed by atoms with van der Waals surface area (Å²) in [6, 6.07) is 12.1. The second-order valence-electron chi connectivity index (χ2n) is 4.35. The van der Waals surface area contributed by atoms with E-state index in [9.17, 15) is 13.2 Å². The number of benzene rings is 2. The first kappa shape index (κ1) is 15.2. The molecular formula is C15H10ClF3N2. The highest BCUT2D eigenvalue weighted by Crippen LogP contribution is 2.33. The zero-order chi connectivity index (χ0) is 15.5. The van der Waals surface area contributed by atoms with Crippen molar-refractivity contribution in [3.63, 3.8) is 0 Å². The van der Waals surface area contributed by atoms with Crippen molar-refractivity contribution in [2.24, 2.45) is 0 Å². The third-order valence-corrected chi connectivity index (χ3v) is 3.11. The predicted octanol–water partition coefficient (Wildman–Crippen LogP) is 4.84. The SMILES string of the molecule is N#Cc1cc(NCc2ccc(Cl)cc2)ccc1C(F)(F)F. The van der Waals surface area contributed by atoms with Crippen molar-refractivity contribution in [2.75, 3.05) is 5.32 Å². The Kier molecular flexibility index (Phi) is 4.39. The van der Waals surface area contributed by atoms with Gasteiger partial charge in [-0.1, -0.05) is 23.7 Å². The Labute approximate surface area is 124 Å². The summed E-state index contributed by atoms with van der Waals surface area (Å²) >= 11 is 5.77. The molecule has 0 aromatic heterocycles. The maximum atomic E-state index is 12.7. The highest BCUT2D eigenvalue weighted by atomic mass is 35.5. The molecule has 0 saturated carbocycles. The highest BCUT2D eigenvalue weighted by Gasteiger charge is 2.33. The molecule has 0 unspecified atom stereocenters. The minimum atomic E-state index is -4.53. The third-order valence-electron chi connectivity index (χ3n) is 2.86. The quantitative estimate of drug-likeness (QED) is 0.880. The van der Waals surface area contributed by atoms with Crippen molar-refractivity contribution in [3.05, 3.63) is 64.2 Å². The van der Waals surface area contributed by atoms with Gasteiger partial charge in [-0.2, -0.15) is 18.4 Å². The van der Waals surface area contributed by atoms with Crippen molar-refractivity contribution in [1.82, 2.24) is 0 Å². The first-order chi connectivity index (χ1) is 9.90. The number of hydrogen-bond acceptors (Lipinski definition) is 2. The molecule has 21 heavy (non-hydrogen) atoms. The van der Waals surface area contributed by atoms with E-state index >= 15 is 0 Å². The first-order valence-corrected chi connectivity index (χ1v) is 6.37. The molecule has 2 rings (SSSR count). The molecule has 0 radical (unpaired) electrons. The summed E-state index contributed by atoms with van der Waals surface area (Å²) < 4.78 is 38.0. The molecule has 0 atom stereocenters. The van der Waals surface area contributed by atoms with E-state index in [0.29, 0.717) is 17.3 Å². The van der Waals surface area contributed by atoms with Crippen LogP contribution in [0.5, 0.6) is 0 Å². The van der Waals surface area contributed by atoms with Crippen LogP contribution >= 0.6 is 11.6 Å². The number of nitriles is 1. The molecule has 1 N–H and O–H groups in total. The molecule has 0 bridgehead atoms. The number of halogens is 4. The fraction of sp³-hybridized carbons (Fsp3) is 0.133. The average Bonchev–Trinajstić information content (AvgIpc) is 2.45. The minimum absolute atomic E-state index is 0.399. The summed E-state index contributed by atoms with van der Waals surface area (Å²) in [4.78, 5) is 0. The molecule has 6 heteroatoms. The Morgan fingerprint density at radius 2 is 1.76 bits per heavy atom. The van der Waals surface area contributed by atoms with Crippen LogP contribution in [0.4, 0.5) is 18.9 Å². The lowest BCUT2D eigenvalue weighted by Gasteiger charge is -2.11. The van der Waals surface area contributed by atoms with Gasteiger partial charge in [0.05, 0.1) is 17.2 Å². The fourth-order valence-electron chi connectivity index (χ4n) is 1.80. The van der Waals surface area contributed by atoms with E-state index in [4.69, 9.17) is 16.9 Å². The van der Waals surface area contributed by atoms with Gasteiger partial charge in [0.15, 0.2) is 0 Å². The van der Waals surface area contributed by atoms with E-state index < -0.39 is 17.3 Å². The molecule has 0 aliphatic rings. The lowest BCUT2D eigenvalue weighted by Crippen LogP contribution is -2.08. The van der Waals surface area contributed by atoms with Gasteiger partial charge in [-0.15, -0.1) is 0 Å². The normalized spacial score (nSPS) is 11.0. The van der Waals surface area contributed by atoms with E-state index in [1.807, 2.05) is 12.1 Å². The predicted molar refractivity (Wildman–Crippen MR) is 74.9 cm³/mol. The van der Waals surface area contributed by atoms with Crippen LogP contribution in [0, 0.1) is 11.3 Å². The van der Waals surface area contributed by atoms with E-state index in [-0.39, 0.29) is 0 Å². The summed E-state index contributed by atoms with van der Waals surface area (Å²) in [5.74, 6) is 0. The zero-order valence-electron chi connectivity index (χ0n) is 10.7. The zero-order valence-corrected chi connectivity index (χ0v) is 11.5. The Morgan fingerprint density at radius 1 is 1.10 bits per heavy atom. The first-order valence-electron chi connectivity index (χ1n) is 6.00. The molecule has 108 valence electrons. The van der Waals surface area contributed by atoms with E-state index in [1.165, 1.54) is 12.1 Å². The molecule has 0 heterocycles. The molecule has 0 fully saturated rings. The fourth-order valence-corrected chi connectivity index (χ4v) is 1.93. The highest BCUT2D eigenvalue weighted by molar-refractivity contribution is 6.30. The van der Waals surface area contributed by atoms with Crippen molar-refractivity contribution in [3.8, 4) is 6.07 Å². The number of hydrogen-bond donors (Lipinski definition) is 1. The van der Waals surface area contributed by atoms with Crippen LogP contribution in [0.15, 0.2) is 42.5 Å². The topological polar surface area (TPSA) is 35.8 Å². The van der Waals surface area contributed by atoms with Gasteiger partial charge in [0, 0.05) is 17.3 Å². The molecule has 2 aromatic carbocycles. The van der Waals surface area contributed by atoms with Gasteiger partial charge >= 0.3 is 6.18 Å². The minimum Gasteiger partial charge on any atom is -0.381 e. The molecule has 0 amide bonds. The van der Waals surface area contributed by atoms with Crippen LogP contribution in [-0.4, -0.2) is 0 Å². The monoisotopic (exact) mass is 310 g/mol. The number of nitrogens with zero attached hydrogens (tertiary/aromatic N) is 1. The molecule has 0 spiro atoms. The van der Waals surface area contributed by atoms with Crippen molar-refractivity contribution < 1.29 is 13.2 Å². The van der Waals surface area contributed by atoms with Crippen molar-refractivity contribution in [2.45, 2.75) is 12.7 Å². The second kappa shape index (κ2) is 6.06. The van der Waals surface area contributed by atoms with Crippen LogP contribution in [0.2, 0.25) is 5.02 Å². The molecule has 0 saturated heterocycles. The average molecular weight is 311 g/mol. The molecular weight excluding hydrogens is 301 g/mol. The van der Waals surface area contributed by atoms with Crippen molar-refractivity contribution >= 4 is 17.3 Å². The summed E-state index contributed by atoms with van der Waals surface area (Å²) in [5, 5.41) is 12.4. The van der Waals surface area contributed by atoms with Gasteiger partial charge in [-0.05, 0) is 35.9 Å². The van der Waals surface area contributed by atoms with Crippen LogP contribution in [0.1, 0.15) is 16.7 Å². The number of anilines is 1. The lowest BCUT2D eigenvalue weighted by molar-refractivity contribution is -0.137. The third kappa shape index (κ3) is 3.89. The van der Waals surface area contributed by atoms with E-state index in [2.05, 4.69) is 5.32 Å². The van der Waals surface area contributed by atoms with Crippen molar-refractivity contribution in [1.29, 1.82) is 5.26 Å². The molecule has 2 aromatic rings. The van der Waals surface area contributed by atoms with Gasteiger partial charge in [0.25, 0.3) is 0 Å². The van der Waals surface area contributed by atoms with Gasteiger partial charge < -0.3 is 5.32 Å². The standard InChI is InChI=1S/C15H10ClF3N2/c16-12-3-1-10(2-4-12)9-21-13-5-6-14(15(17,18)19)11(7-13)8-20/h1-7,21H,9H2. The van der Waals surface area contributed by atoms with Gasteiger partial charge in [0.1, 0.15) is 0 Å². The summed E-state index contributed by atoms with van der Waals surface area (Å²) in [6.45, 7) is 0.424. The van der Waals surface area contributed by atoms with E-state index in [1.54, 1.807) is 18.2 Å². The molecule has 0 aliphatic carbocycles. The summed E-state index contributed by atoms with van der Waals surface area (Å²) in [6.07, 6.45) is -4.53. The van der Waals surface area contributed by atoms with Crippen LogP contribution < -0.4 is 5.32 Å². The van der Waals surface area contributed by atoms with Crippen LogP contribution in [-0.2, 0) is 12.7 Å². The second-order valence-corrected chi connectivity index (χ2v) is 4.79. The Morgan fingerprint density at radius 3 is 2.33 bits per heavy atom. The van der Waals surface area contributed by atoms with Gasteiger partial charge in [0.2, 0.25) is 0 Å².